The van der Waals surface area contributed by atoms with Crippen LogP contribution in [0.2, 0.25) is 0 Å². The molecule has 0 saturated heterocycles. The van der Waals surface area contributed by atoms with Crippen LogP contribution in [0.25, 0.3) is 0 Å². The zero-order chi connectivity index (χ0) is 11.6. The number of methoxy groups -OCH3 is 1. The summed E-state index contributed by atoms with van der Waals surface area (Å²) < 4.78 is 5.42. The summed E-state index contributed by atoms with van der Waals surface area (Å²) in [5.41, 5.74) is 0.487. The molecule has 16 heavy (non-hydrogen) atoms. The molecule has 0 N–H and O–H groups in total. The van der Waals surface area contributed by atoms with Crippen LogP contribution in [0.3, 0.4) is 0 Å². The van der Waals surface area contributed by atoms with E-state index in [-0.39, 0.29) is 0 Å². The molecule has 0 fully saturated rings. The van der Waals surface area contributed by atoms with Gasteiger partial charge in [-0.05, 0) is 26.0 Å². The number of ether oxygens (including phenoxy) is 1. The maximum absolute atomic E-state index is 5.42. The monoisotopic (exact) mass is 220 g/mol. The molecule has 0 bridgehead atoms. The van der Waals surface area contributed by atoms with Crippen LogP contribution in [0, 0.1) is 0 Å². The van der Waals surface area contributed by atoms with E-state index in [0.29, 0.717) is 0 Å². The minimum atomic E-state index is -0.934. The van der Waals surface area contributed by atoms with Gasteiger partial charge in [0.05, 0.1) is 0 Å². The van der Waals surface area contributed by atoms with E-state index in [2.05, 4.69) is 0 Å². The first kappa shape index (κ1) is 11.3. The van der Waals surface area contributed by atoms with Crippen molar-refractivity contribution in [1.82, 2.24) is 0 Å². The Morgan fingerprint density at radius 2 is 1.69 bits per heavy atom. The van der Waals surface area contributed by atoms with E-state index in [1.54, 1.807) is 7.11 Å². The molecule has 0 amide bonds. The van der Waals surface area contributed by atoms with Gasteiger partial charge in [0, 0.05) is 12.7 Å². The summed E-state index contributed by atoms with van der Waals surface area (Å²) in [5, 5.41) is 0. The van der Waals surface area contributed by atoms with Crippen molar-refractivity contribution in [2.75, 3.05) is 7.11 Å². The minimum Gasteiger partial charge on any atom is -0.344 e. The zero-order valence-electron chi connectivity index (χ0n) is 9.77. The third kappa shape index (κ3) is 2.02. The molecule has 1 aromatic carbocycles. The zero-order valence-corrected chi connectivity index (χ0v) is 9.77. The largest absolute Gasteiger partial charge is 0.344 e. The van der Waals surface area contributed by atoms with Crippen molar-refractivity contribution in [2.45, 2.75) is 25.2 Å². The third-order valence-corrected chi connectivity index (χ3v) is 2.56. The summed E-state index contributed by atoms with van der Waals surface area (Å²) in [7, 11) is 1.60. The molecule has 1 aliphatic rings. The fourth-order valence-corrected chi connectivity index (χ4v) is 1.57. The van der Waals surface area contributed by atoms with Crippen molar-refractivity contribution in [3.63, 3.8) is 0 Å². The molecule has 3 heteroatoms. The molecule has 1 atom stereocenters. The molecular weight excluding hydrogens is 204 g/mol. The van der Waals surface area contributed by atoms with Gasteiger partial charge in [0.2, 0.25) is 5.79 Å². The van der Waals surface area contributed by atoms with E-state index >= 15 is 0 Å². The van der Waals surface area contributed by atoms with Crippen molar-refractivity contribution in [3.8, 4) is 0 Å². The number of benzene rings is 1. The standard InChI is InChI=1S/C13H16O3/c1-12(2)9-10-13(14-3,16-15-12)11-7-5-4-6-8-11/h4-10H,1-3H3/t13-/m0/s1. The normalized spacial score (nSPS) is 27.9. The lowest BCUT2D eigenvalue weighted by Gasteiger charge is -2.36. The maximum atomic E-state index is 5.42. The first-order valence-corrected chi connectivity index (χ1v) is 5.26. The Morgan fingerprint density at radius 1 is 1.00 bits per heavy atom. The third-order valence-electron chi connectivity index (χ3n) is 2.56. The van der Waals surface area contributed by atoms with E-state index in [0.717, 1.165) is 5.56 Å². The average Bonchev–Trinajstić information content (AvgIpc) is 2.31. The first-order chi connectivity index (χ1) is 7.58. The Morgan fingerprint density at radius 3 is 2.19 bits per heavy atom. The van der Waals surface area contributed by atoms with Gasteiger partial charge in [0.1, 0.15) is 5.60 Å². The van der Waals surface area contributed by atoms with Gasteiger partial charge < -0.3 is 4.74 Å². The molecule has 1 aromatic rings. The molecular formula is C13H16O3. The lowest BCUT2D eigenvalue weighted by Crippen LogP contribution is -2.39. The van der Waals surface area contributed by atoms with Gasteiger partial charge in [-0.2, -0.15) is 4.89 Å². The van der Waals surface area contributed by atoms with Crippen molar-refractivity contribution in [3.05, 3.63) is 48.0 Å². The average molecular weight is 220 g/mol. The van der Waals surface area contributed by atoms with E-state index < -0.39 is 11.4 Å². The second-order valence-electron chi connectivity index (χ2n) is 4.34. The summed E-state index contributed by atoms with van der Waals surface area (Å²) in [6, 6.07) is 9.70. The quantitative estimate of drug-likeness (QED) is 0.566. The summed E-state index contributed by atoms with van der Waals surface area (Å²) in [6.45, 7) is 3.85. The molecule has 3 nitrogen and oxygen atoms in total. The minimum absolute atomic E-state index is 0.420. The van der Waals surface area contributed by atoms with Gasteiger partial charge >= 0.3 is 0 Å². The second-order valence-corrected chi connectivity index (χ2v) is 4.34. The lowest BCUT2D eigenvalue weighted by molar-refractivity contribution is -0.451. The molecule has 1 heterocycles. The van der Waals surface area contributed by atoms with Crippen LogP contribution in [-0.2, 0) is 20.3 Å². The van der Waals surface area contributed by atoms with Crippen molar-refractivity contribution in [1.29, 1.82) is 0 Å². The highest BCUT2D eigenvalue weighted by Crippen LogP contribution is 2.35. The molecule has 0 spiro atoms. The molecule has 0 aromatic heterocycles. The molecule has 0 radical (unpaired) electrons. The van der Waals surface area contributed by atoms with E-state index in [1.807, 2.05) is 56.3 Å². The summed E-state index contributed by atoms with van der Waals surface area (Å²) in [5.74, 6) is -0.934. The SMILES string of the molecule is CO[C@@]1(c2ccccc2)C=CC(C)(C)OO1. The number of rotatable bonds is 2. The summed E-state index contributed by atoms with van der Waals surface area (Å²) in [6.07, 6.45) is 3.82. The second kappa shape index (κ2) is 4.01. The summed E-state index contributed by atoms with van der Waals surface area (Å²) in [4.78, 5) is 10.7. The summed E-state index contributed by atoms with van der Waals surface area (Å²) >= 11 is 0. The Hall–Kier alpha value is -1.16. The van der Waals surface area contributed by atoms with Crippen LogP contribution in [0.15, 0.2) is 42.5 Å². The van der Waals surface area contributed by atoms with Crippen molar-refractivity contribution >= 4 is 0 Å². The fraction of sp³-hybridized carbons (Fsp3) is 0.385. The van der Waals surface area contributed by atoms with Gasteiger partial charge in [0.25, 0.3) is 0 Å². The maximum Gasteiger partial charge on any atom is 0.246 e. The van der Waals surface area contributed by atoms with Crippen LogP contribution < -0.4 is 0 Å². The predicted molar refractivity (Wildman–Crippen MR) is 60.5 cm³/mol. The van der Waals surface area contributed by atoms with Crippen molar-refractivity contribution in [2.24, 2.45) is 0 Å². The van der Waals surface area contributed by atoms with Crippen LogP contribution in [0.5, 0.6) is 0 Å². The Labute approximate surface area is 95.6 Å². The molecule has 2 rings (SSSR count). The molecule has 86 valence electrons. The Kier molecular flexibility index (Phi) is 2.84. The van der Waals surface area contributed by atoms with E-state index in [4.69, 9.17) is 14.5 Å². The van der Waals surface area contributed by atoms with Gasteiger partial charge in [-0.15, -0.1) is 0 Å². The predicted octanol–water partition coefficient (Wildman–Crippen LogP) is 2.78. The van der Waals surface area contributed by atoms with E-state index in [1.165, 1.54) is 0 Å². The van der Waals surface area contributed by atoms with Crippen LogP contribution in [0.4, 0.5) is 0 Å². The van der Waals surface area contributed by atoms with E-state index in [9.17, 15) is 0 Å². The van der Waals surface area contributed by atoms with Gasteiger partial charge in [0.15, 0.2) is 0 Å². The smallest absolute Gasteiger partial charge is 0.246 e. The highest BCUT2D eigenvalue weighted by molar-refractivity contribution is 5.26. The fourth-order valence-electron chi connectivity index (χ4n) is 1.57. The van der Waals surface area contributed by atoms with Crippen LogP contribution in [-0.4, -0.2) is 12.7 Å². The Bertz CT molecular complexity index is 383. The highest BCUT2D eigenvalue weighted by atomic mass is 17.2. The molecule has 0 unspecified atom stereocenters. The van der Waals surface area contributed by atoms with Gasteiger partial charge in [-0.1, -0.05) is 30.3 Å². The number of hydrogen-bond donors (Lipinski definition) is 0. The first-order valence-electron chi connectivity index (χ1n) is 5.26. The topological polar surface area (TPSA) is 27.7 Å². The van der Waals surface area contributed by atoms with Gasteiger partial charge in [-0.25, -0.2) is 4.89 Å². The number of hydrogen-bond acceptors (Lipinski definition) is 3. The highest BCUT2D eigenvalue weighted by Gasteiger charge is 2.38. The van der Waals surface area contributed by atoms with Crippen molar-refractivity contribution < 1.29 is 14.5 Å². The van der Waals surface area contributed by atoms with Gasteiger partial charge in [-0.3, -0.25) is 0 Å². The van der Waals surface area contributed by atoms with Crippen LogP contribution >= 0.6 is 0 Å². The molecule has 1 aliphatic heterocycles. The lowest BCUT2D eigenvalue weighted by atomic mass is 10.0. The van der Waals surface area contributed by atoms with Crippen LogP contribution in [0.1, 0.15) is 19.4 Å². The molecule has 0 aliphatic carbocycles. The Balaban J connectivity index is 2.36. The molecule has 0 saturated carbocycles.